The van der Waals surface area contributed by atoms with Gasteiger partial charge in [0.15, 0.2) is 0 Å². The highest BCUT2D eigenvalue weighted by atomic mass is 32.2. The van der Waals surface area contributed by atoms with Crippen LogP contribution < -0.4 is 4.72 Å². The monoisotopic (exact) mass is 703 g/mol. The first-order valence-corrected chi connectivity index (χ1v) is 21.8. The number of benzene rings is 1. The lowest BCUT2D eigenvalue weighted by molar-refractivity contribution is -0.119. The normalized spacial score (nSPS) is 38.9. The Balaban J connectivity index is 1.19. The molecule has 1 aromatic rings. The molecule has 2 saturated carbocycles. The highest BCUT2D eigenvalue weighted by Gasteiger charge is 2.74. The molecule has 0 amide bonds. The van der Waals surface area contributed by atoms with Gasteiger partial charge < -0.3 is 0 Å². The molecule has 276 valence electrons. The van der Waals surface area contributed by atoms with Gasteiger partial charge in [0.25, 0.3) is 6.57 Å². The van der Waals surface area contributed by atoms with Crippen molar-refractivity contribution in [1.82, 2.24) is 4.72 Å². The van der Waals surface area contributed by atoms with Gasteiger partial charge in [-0.2, -0.15) is 0 Å². The van der Waals surface area contributed by atoms with Gasteiger partial charge in [-0.1, -0.05) is 101 Å². The first kappa shape index (κ1) is 37.8. The lowest BCUT2D eigenvalue weighted by atomic mass is 9.50. The number of hydrogen-bond donors (Lipinski definition) is 1. The second-order valence-electron chi connectivity index (χ2n) is 18.2. The van der Waals surface area contributed by atoms with E-state index in [4.69, 9.17) is 16.2 Å². The molecule has 6 rings (SSSR count). The van der Waals surface area contributed by atoms with Gasteiger partial charge in [-0.15, -0.1) is 0 Å². The van der Waals surface area contributed by atoms with E-state index in [1.807, 2.05) is 30.3 Å². The third-order valence-corrected chi connectivity index (χ3v) is 17.0. The van der Waals surface area contributed by atoms with Crippen molar-refractivity contribution >= 4 is 10.0 Å². The molecule has 4 aliphatic carbocycles. The molecule has 1 unspecified atom stereocenters. The minimum Gasteiger partial charge on any atom is -0.297 e. The first-order valence-electron chi connectivity index (χ1n) is 20.2. The van der Waals surface area contributed by atoms with E-state index < -0.39 is 15.7 Å². The van der Waals surface area contributed by atoms with Crippen molar-refractivity contribution in [3.63, 3.8) is 0 Å². The van der Waals surface area contributed by atoms with Gasteiger partial charge in [-0.25, -0.2) is 13.1 Å². The summed E-state index contributed by atoms with van der Waals surface area (Å²) >= 11 is 0. The van der Waals surface area contributed by atoms with Gasteiger partial charge in [0.05, 0.1) is 23.2 Å². The van der Waals surface area contributed by atoms with Crippen LogP contribution >= 0.6 is 0 Å². The molecule has 5 nitrogen and oxygen atoms in total. The summed E-state index contributed by atoms with van der Waals surface area (Å²) in [6.45, 7) is 24.0. The molecule has 50 heavy (non-hydrogen) atoms. The van der Waals surface area contributed by atoms with Crippen LogP contribution in [0.2, 0.25) is 0 Å². The van der Waals surface area contributed by atoms with Crippen molar-refractivity contribution in [1.29, 1.82) is 0 Å². The highest BCUT2D eigenvalue weighted by Crippen LogP contribution is 2.71. The van der Waals surface area contributed by atoms with E-state index in [0.29, 0.717) is 35.6 Å². The van der Waals surface area contributed by atoms with Crippen molar-refractivity contribution in [3.8, 4) is 6.57 Å². The second kappa shape index (κ2) is 14.1. The van der Waals surface area contributed by atoms with Gasteiger partial charge in [-0.05, 0) is 130 Å². The number of aryl methyl sites for hydroxylation is 1. The molecule has 9 atom stereocenters. The van der Waals surface area contributed by atoms with Crippen LogP contribution in [-0.2, 0) is 21.2 Å². The SMILES string of the molecule is C#[N+][C@]1(C[C@H](C)CC)OC2(CC[C@@H]3C(=C(C)C2)C[C@H]2[C@@]3(C)CCC3=CCCC[C@@]32C)[C@H](C)[C@]1(C)CCCCNS(=O)(=O)CCc1ccccc1. The average Bonchev–Trinajstić information content (AvgIpc) is 3.43. The molecule has 1 N–H and O–H groups in total. The molecule has 0 bridgehead atoms. The van der Waals surface area contributed by atoms with Crippen LogP contribution in [0.1, 0.15) is 144 Å². The Morgan fingerprint density at radius 2 is 1.86 bits per heavy atom. The largest absolute Gasteiger partial charge is 0.391 e. The topological polar surface area (TPSA) is 59.8 Å². The van der Waals surface area contributed by atoms with Gasteiger partial charge in [0.2, 0.25) is 10.0 Å². The fraction of sp³-hybridized carbons (Fsp3) is 0.750. The third kappa shape index (κ3) is 6.49. The second-order valence-corrected chi connectivity index (χ2v) is 20.1. The summed E-state index contributed by atoms with van der Waals surface area (Å²) in [5.74, 6) is 2.18. The molecule has 3 fully saturated rings. The Bertz CT molecular complexity index is 1610. The predicted molar refractivity (Wildman–Crippen MR) is 208 cm³/mol. The summed E-state index contributed by atoms with van der Waals surface area (Å²) in [6, 6.07) is 9.84. The number of unbranched alkanes of at least 4 members (excludes halogenated alkanes) is 1. The number of ether oxygens (including phenoxy) is 1. The Morgan fingerprint density at radius 1 is 1.10 bits per heavy atom. The zero-order chi connectivity index (χ0) is 36.0. The summed E-state index contributed by atoms with van der Waals surface area (Å²) in [5, 5.41) is 0. The molecule has 1 heterocycles. The Kier molecular flexibility index (Phi) is 10.7. The molecule has 1 aliphatic heterocycles. The third-order valence-electron chi connectivity index (χ3n) is 15.6. The average molecular weight is 704 g/mol. The van der Waals surface area contributed by atoms with Crippen LogP contribution in [0.4, 0.5) is 0 Å². The standard InChI is InChI=1S/C44H67N2O3S/c1-9-32(2)30-44(45-8)42(7,24-15-16-27-46-50(47,48)28-22-35-17-11-10-12-18-35)34(4)43(49-44)26-21-38-37(33(3)31-43)29-39-40(5)23-14-13-19-36(40)20-25-41(38,39)6/h8,10-12,17-19,32,34,38-39,46H,9,13-16,20-31H2,1-7H3/q+1/t32-,34-,38-,39-,40+,41+,42+,43?,44-/m1/s1. The summed E-state index contributed by atoms with van der Waals surface area (Å²) in [6.07, 6.45) is 18.6. The Morgan fingerprint density at radius 3 is 2.58 bits per heavy atom. The summed E-state index contributed by atoms with van der Waals surface area (Å²) in [7, 11) is -3.34. The van der Waals surface area contributed by atoms with Crippen LogP contribution in [0.3, 0.4) is 0 Å². The van der Waals surface area contributed by atoms with E-state index in [2.05, 4.69) is 59.3 Å². The van der Waals surface area contributed by atoms with Crippen LogP contribution in [0.25, 0.3) is 4.85 Å². The number of nitrogens with one attached hydrogen (secondary N) is 1. The minimum atomic E-state index is -3.34. The van der Waals surface area contributed by atoms with Gasteiger partial charge in [0.1, 0.15) is 0 Å². The van der Waals surface area contributed by atoms with E-state index >= 15 is 0 Å². The first-order chi connectivity index (χ1) is 23.7. The Labute approximate surface area is 305 Å². The van der Waals surface area contributed by atoms with E-state index in [1.165, 1.54) is 44.9 Å². The zero-order valence-corrected chi connectivity index (χ0v) is 33.3. The quantitative estimate of drug-likeness (QED) is 0.174. The maximum Gasteiger partial charge on any atom is 0.391 e. The number of fused-ring (bicyclic) bond motifs is 5. The number of allylic oxidation sites excluding steroid dienone is 3. The molecule has 6 heteroatoms. The highest BCUT2D eigenvalue weighted by molar-refractivity contribution is 7.89. The molecule has 0 aromatic heterocycles. The molecular weight excluding hydrogens is 637 g/mol. The van der Waals surface area contributed by atoms with Crippen LogP contribution in [0, 0.1) is 46.5 Å². The van der Waals surface area contributed by atoms with Crippen molar-refractivity contribution in [2.45, 2.75) is 156 Å². The van der Waals surface area contributed by atoms with Gasteiger partial charge in [0, 0.05) is 12.5 Å². The summed E-state index contributed by atoms with van der Waals surface area (Å²) in [5.41, 5.74) is 5.53. The van der Waals surface area contributed by atoms with E-state index in [9.17, 15) is 8.42 Å². The molecule has 1 aromatic carbocycles. The molecule has 1 saturated heterocycles. The van der Waals surface area contributed by atoms with Crippen LogP contribution in [0.5, 0.6) is 0 Å². The van der Waals surface area contributed by atoms with Crippen molar-refractivity contribution in [2.75, 3.05) is 12.3 Å². The van der Waals surface area contributed by atoms with Gasteiger partial charge in [-0.3, -0.25) is 4.74 Å². The number of rotatable bonds is 12. The van der Waals surface area contributed by atoms with E-state index in [0.717, 1.165) is 56.4 Å². The fourth-order valence-electron chi connectivity index (χ4n) is 12.1. The van der Waals surface area contributed by atoms with E-state index in [-0.39, 0.29) is 22.7 Å². The van der Waals surface area contributed by atoms with Crippen LogP contribution in [-0.4, -0.2) is 32.0 Å². The van der Waals surface area contributed by atoms with Gasteiger partial charge >= 0.3 is 5.72 Å². The molecule has 5 aliphatic rings. The summed E-state index contributed by atoms with van der Waals surface area (Å²) in [4.78, 5) is 4.76. The summed E-state index contributed by atoms with van der Waals surface area (Å²) < 4.78 is 36.1. The fourth-order valence-corrected chi connectivity index (χ4v) is 13.2. The smallest absolute Gasteiger partial charge is 0.297 e. The molecule has 1 spiro atoms. The zero-order valence-electron chi connectivity index (χ0n) is 32.5. The minimum absolute atomic E-state index is 0.110. The van der Waals surface area contributed by atoms with Crippen LogP contribution in [0.15, 0.2) is 53.1 Å². The number of hydrogen-bond acceptors (Lipinski definition) is 3. The molecule has 0 radical (unpaired) electrons. The maximum atomic E-state index is 12.8. The predicted octanol–water partition coefficient (Wildman–Crippen LogP) is 10.9. The Hall–Kier alpha value is -1.94. The van der Waals surface area contributed by atoms with Crippen molar-refractivity contribution < 1.29 is 13.2 Å². The maximum absolute atomic E-state index is 12.8. The lowest BCUT2D eigenvalue weighted by Crippen LogP contribution is -2.45. The van der Waals surface area contributed by atoms with Crippen molar-refractivity contribution in [2.24, 2.45) is 39.9 Å². The lowest BCUT2D eigenvalue weighted by Gasteiger charge is -2.54. The van der Waals surface area contributed by atoms with Crippen molar-refractivity contribution in [3.05, 3.63) is 63.5 Å². The number of nitrogens with zero attached hydrogens (tertiary/aromatic N) is 1. The molecular formula is C44H67N2O3S+. The van der Waals surface area contributed by atoms with E-state index in [1.54, 1.807) is 16.7 Å². The number of sulfonamides is 1.